The van der Waals surface area contributed by atoms with E-state index in [9.17, 15) is 4.79 Å². The monoisotopic (exact) mass is 414 g/mol. The van der Waals surface area contributed by atoms with Gasteiger partial charge in [-0.3, -0.25) is 0 Å². The molecule has 0 radical (unpaired) electrons. The molecule has 0 aliphatic carbocycles. The SMILES string of the molecule is COc1cc2ncnc(N3CCC4(CC3)CN(C(=O)OC(C)(C)C)C4)c2cc1OC. The molecule has 1 aromatic carbocycles. The van der Waals surface area contributed by atoms with Crippen molar-refractivity contribution in [1.82, 2.24) is 14.9 Å². The average Bonchev–Trinajstić information content (AvgIpc) is 2.69. The van der Waals surface area contributed by atoms with E-state index in [0.29, 0.717) is 11.5 Å². The molecular weight excluding hydrogens is 384 g/mol. The maximum atomic E-state index is 12.3. The van der Waals surface area contributed by atoms with E-state index in [1.165, 1.54) is 0 Å². The van der Waals surface area contributed by atoms with Crippen LogP contribution in [-0.4, -0.2) is 67.0 Å². The Kier molecular flexibility index (Phi) is 5.11. The number of carbonyl (C=O) groups is 1. The number of methoxy groups -OCH3 is 2. The third kappa shape index (κ3) is 3.82. The zero-order valence-corrected chi connectivity index (χ0v) is 18.4. The largest absolute Gasteiger partial charge is 0.493 e. The molecule has 2 aliphatic rings. The maximum absolute atomic E-state index is 12.3. The molecule has 162 valence electrons. The van der Waals surface area contributed by atoms with Gasteiger partial charge in [-0.2, -0.15) is 0 Å². The van der Waals surface area contributed by atoms with Gasteiger partial charge in [0.05, 0.1) is 19.7 Å². The summed E-state index contributed by atoms with van der Waals surface area (Å²) in [5.41, 5.74) is 0.565. The lowest BCUT2D eigenvalue weighted by molar-refractivity contribution is -0.0434. The highest BCUT2D eigenvalue weighted by molar-refractivity contribution is 5.92. The van der Waals surface area contributed by atoms with Gasteiger partial charge in [0.2, 0.25) is 0 Å². The third-order valence-corrected chi connectivity index (χ3v) is 5.95. The minimum absolute atomic E-state index is 0.192. The summed E-state index contributed by atoms with van der Waals surface area (Å²) in [4.78, 5) is 25.4. The standard InChI is InChI=1S/C22H30N4O4/c1-21(2,3)30-20(27)26-12-22(13-26)6-8-25(9-7-22)19-15-10-17(28-4)18(29-5)11-16(15)23-14-24-19/h10-11,14H,6-9,12-13H2,1-5H3. The van der Waals surface area contributed by atoms with Gasteiger partial charge in [0.1, 0.15) is 17.7 Å². The highest BCUT2D eigenvalue weighted by atomic mass is 16.6. The Hall–Kier alpha value is -2.77. The van der Waals surface area contributed by atoms with Crippen molar-refractivity contribution in [2.45, 2.75) is 39.2 Å². The molecule has 3 heterocycles. The van der Waals surface area contributed by atoms with Crippen LogP contribution in [0.1, 0.15) is 33.6 Å². The van der Waals surface area contributed by atoms with Crippen LogP contribution in [-0.2, 0) is 4.74 Å². The number of rotatable bonds is 3. The summed E-state index contributed by atoms with van der Waals surface area (Å²) in [6, 6.07) is 3.83. The molecule has 2 fully saturated rings. The Morgan fingerprint density at radius 2 is 1.67 bits per heavy atom. The van der Waals surface area contributed by atoms with Gasteiger partial charge in [0, 0.05) is 43.0 Å². The van der Waals surface area contributed by atoms with Crippen molar-refractivity contribution in [3.63, 3.8) is 0 Å². The zero-order valence-electron chi connectivity index (χ0n) is 18.4. The van der Waals surface area contributed by atoms with E-state index in [0.717, 1.165) is 55.7 Å². The Labute approximate surface area is 177 Å². The topological polar surface area (TPSA) is 77.0 Å². The molecule has 8 heteroatoms. The second kappa shape index (κ2) is 7.49. The molecule has 1 amide bonds. The first-order chi connectivity index (χ1) is 14.2. The first-order valence-corrected chi connectivity index (χ1v) is 10.3. The molecule has 30 heavy (non-hydrogen) atoms. The van der Waals surface area contributed by atoms with Gasteiger partial charge in [-0.05, 0) is 39.7 Å². The fourth-order valence-electron chi connectivity index (χ4n) is 4.35. The lowest BCUT2D eigenvalue weighted by Crippen LogP contribution is -2.62. The molecule has 2 saturated heterocycles. The van der Waals surface area contributed by atoms with Crippen molar-refractivity contribution in [3.8, 4) is 11.5 Å². The Morgan fingerprint density at radius 1 is 1.03 bits per heavy atom. The molecular formula is C22H30N4O4. The lowest BCUT2D eigenvalue weighted by Gasteiger charge is -2.53. The summed E-state index contributed by atoms with van der Waals surface area (Å²) < 4.78 is 16.4. The fourth-order valence-corrected chi connectivity index (χ4v) is 4.35. The highest BCUT2D eigenvalue weighted by Crippen LogP contribution is 2.43. The molecule has 8 nitrogen and oxygen atoms in total. The smallest absolute Gasteiger partial charge is 0.410 e. The number of hydrogen-bond acceptors (Lipinski definition) is 7. The number of carbonyl (C=O) groups excluding carboxylic acids is 1. The second-order valence-electron chi connectivity index (χ2n) is 9.25. The van der Waals surface area contributed by atoms with Crippen LogP contribution < -0.4 is 14.4 Å². The fraction of sp³-hybridized carbons (Fsp3) is 0.591. The number of amides is 1. The van der Waals surface area contributed by atoms with E-state index in [2.05, 4.69) is 14.9 Å². The minimum atomic E-state index is -0.457. The molecule has 2 aromatic rings. The quantitative estimate of drug-likeness (QED) is 0.761. The van der Waals surface area contributed by atoms with Gasteiger partial charge in [0.25, 0.3) is 0 Å². The van der Waals surface area contributed by atoms with E-state index in [4.69, 9.17) is 14.2 Å². The van der Waals surface area contributed by atoms with Crippen molar-refractivity contribution in [1.29, 1.82) is 0 Å². The summed E-state index contributed by atoms with van der Waals surface area (Å²) in [6.07, 6.45) is 3.43. The van der Waals surface area contributed by atoms with Crippen molar-refractivity contribution < 1.29 is 19.0 Å². The van der Waals surface area contributed by atoms with Gasteiger partial charge in [-0.15, -0.1) is 0 Å². The van der Waals surface area contributed by atoms with Crippen molar-refractivity contribution >= 4 is 22.8 Å². The van der Waals surface area contributed by atoms with Crippen LogP contribution in [0, 0.1) is 5.41 Å². The molecule has 0 unspecified atom stereocenters. The van der Waals surface area contributed by atoms with Gasteiger partial charge in [-0.25, -0.2) is 14.8 Å². The summed E-state index contributed by atoms with van der Waals surface area (Å²) in [5.74, 6) is 2.24. The van der Waals surface area contributed by atoms with Crippen molar-refractivity contribution in [3.05, 3.63) is 18.5 Å². The molecule has 1 aromatic heterocycles. The molecule has 4 rings (SSSR count). The summed E-state index contributed by atoms with van der Waals surface area (Å²) in [5, 5.41) is 0.954. The number of likely N-dealkylation sites (tertiary alicyclic amines) is 1. The summed E-state index contributed by atoms with van der Waals surface area (Å²) >= 11 is 0. The van der Waals surface area contributed by atoms with E-state index in [1.54, 1.807) is 20.5 Å². The first kappa shape index (κ1) is 20.5. The first-order valence-electron chi connectivity index (χ1n) is 10.3. The van der Waals surface area contributed by atoms with E-state index >= 15 is 0 Å². The van der Waals surface area contributed by atoms with Gasteiger partial charge >= 0.3 is 6.09 Å². The van der Waals surface area contributed by atoms with Crippen LogP contribution in [0.15, 0.2) is 18.5 Å². The number of hydrogen-bond donors (Lipinski definition) is 0. The van der Waals surface area contributed by atoms with Crippen LogP contribution in [0.5, 0.6) is 11.5 Å². The normalized spacial score (nSPS) is 18.3. The van der Waals surface area contributed by atoms with Gasteiger partial charge < -0.3 is 24.0 Å². The number of benzene rings is 1. The minimum Gasteiger partial charge on any atom is -0.493 e. The number of nitrogens with zero attached hydrogens (tertiary/aromatic N) is 4. The molecule has 0 bridgehead atoms. The molecule has 0 atom stereocenters. The van der Waals surface area contributed by atoms with Crippen molar-refractivity contribution in [2.24, 2.45) is 5.41 Å². The van der Waals surface area contributed by atoms with E-state index in [1.807, 2.05) is 37.8 Å². The molecule has 0 N–H and O–H groups in total. The number of anilines is 1. The number of aromatic nitrogens is 2. The average molecular weight is 415 g/mol. The van der Waals surface area contributed by atoms with Crippen molar-refractivity contribution in [2.75, 3.05) is 45.3 Å². The number of piperidine rings is 1. The van der Waals surface area contributed by atoms with Gasteiger partial charge in [-0.1, -0.05) is 0 Å². The Balaban J connectivity index is 1.45. The van der Waals surface area contributed by atoms with Crippen LogP contribution in [0.3, 0.4) is 0 Å². The molecule has 1 spiro atoms. The zero-order chi connectivity index (χ0) is 21.5. The Bertz CT molecular complexity index is 940. The maximum Gasteiger partial charge on any atom is 0.410 e. The molecule has 2 aliphatic heterocycles. The Morgan fingerprint density at radius 3 is 2.27 bits per heavy atom. The summed E-state index contributed by atoms with van der Waals surface area (Å²) in [7, 11) is 3.25. The highest BCUT2D eigenvalue weighted by Gasteiger charge is 2.48. The summed E-state index contributed by atoms with van der Waals surface area (Å²) in [6.45, 7) is 9.02. The molecule has 0 saturated carbocycles. The van der Waals surface area contributed by atoms with Crippen LogP contribution in [0.2, 0.25) is 0 Å². The second-order valence-corrected chi connectivity index (χ2v) is 9.25. The van der Waals surface area contributed by atoms with E-state index in [-0.39, 0.29) is 11.5 Å². The number of fused-ring (bicyclic) bond motifs is 1. The number of ether oxygens (including phenoxy) is 3. The van der Waals surface area contributed by atoms with Crippen LogP contribution in [0.25, 0.3) is 10.9 Å². The van der Waals surface area contributed by atoms with Crippen LogP contribution >= 0.6 is 0 Å². The van der Waals surface area contributed by atoms with Crippen LogP contribution in [0.4, 0.5) is 10.6 Å². The van der Waals surface area contributed by atoms with Gasteiger partial charge in [0.15, 0.2) is 11.5 Å². The van der Waals surface area contributed by atoms with E-state index < -0.39 is 5.60 Å². The predicted molar refractivity (Wildman–Crippen MR) is 114 cm³/mol. The predicted octanol–water partition coefficient (Wildman–Crippen LogP) is 3.48. The third-order valence-electron chi connectivity index (χ3n) is 5.95. The lowest BCUT2D eigenvalue weighted by atomic mass is 9.72.